The van der Waals surface area contributed by atoms with E-state index >= 15 is 0 Å². The molecule has 0 saturated heterocycles. The van der Waals surface area contributed by atoms with Crippen molar-refractivity contribution in [2.45, 2.75) is 25.1 Å². The van der Waals surface area contributed by atoms with Gasteiger partial charge in [-0.15, -0.1) is 0 Å². The van der Waals surface area contributed by atoms with Gasteiger partial charge in [-0.25, -0.2) is 0 Å². The second kappa shape index (κ2) is 5.30. The lowest BCUT2D eigenvalue weighted by atomic mass is 10.1. The van der Waals surface area contributed by atoms with Crippen molar-refractivity contribution in [3.05, 3.63) is 59.2 Å². The van der Waals surface area contributed by atoms with Gasteiger partial charge in [0.2, 0.25) is 0 Å². The third kappa shape index (κ3) is 2.25. The summed E-state index contributed by atoms with van der Waals surface area (Å²) in [6, 6.07) is 13.4. The Morgan fingerprint density at radius 3 is 2.82 bits per heavy atom. The van der Waals surface area contributed by atoms with Crippen molar-refractivity contribution in [1.82, 2.24) is 4.90 Å². The van der Waals surface area contributed by atoms with Gasteiger partial charge in [0.05, 0.1) is 6.10 Å². The summed E-state index contributed by atoms with van der Waals surface area (Å²) >= 11 is 0. The van der Waals surface area contributed by atoms with Crippen molar-refractivity contribution in [3.8, 4) is 11.5 Å². The highest BCUT2D eigenvalue weighted by atomic mass is 16.5. The molecule has 0 amide bonds. The van der Waals surface area contributed by atoms with Crippen LogP contribution in [-0.2, 0) is 13.0 Å². The van der Waals surface area contributed by atoms with Gasteiger partial charge in [0.1, 0.15) is 18.1 Å². The molecular weight excluding hydrogens is 278 g/mol. The van der Waals surface area contributed by atoms with Gasteiger partial charge in [0, 0.05) is 24.7 Å². The number of benzene rings is 2. The maximum Gasteiger partial charge on any atom is 0.124 e. The molecule has 0 bridgehead atoms. The van der Waals surface area contributed by atoms with E-state index < -0.39 is 6.10 Å². The number of fused-ring (bicyclic) bond motifs is 2. The smallest absolute Gasteiger partial charge is 0.124 e. The van der Waals surface area contributed by atoms with Crippen LogP contribution in [0.15, 0.2) is 42.5 Å². The Morgan fingerprint density at radius 2 is 1.95 bits per heavy atom. The van der Waals surface area contributed by atoms with E-state index in [9.17, 15) is 10.2 Å². The predicted octanol–water partition coefficient (Wildman–Crippen LogP) is 2.24. The topological polar surface area (TPSA) is 52.9 Å². The fraction of sp³-hybridized carbons (Fsp3) is 0.333. The molecule has 1 aliphatic carbocycles. The summed E-state index contributed by atoms with van der Waals surface area (Å²) in [5.41, 5.74) is 3.23. The standard InChI is InChI=1S/C18H19NO3/c20-14-5-6-17-13(9-14)11-19(7-8-22-17)16-10-12-3-1-2-4-15(12)18(16)21/h1-6,9,16,18,20-21H,7-8,10-11H2/t16?,18-/m0/s1. The van der Waals surface area contributed by atoms with Gasteiger partial charge in [0.25, 0.3) is 0 Å². The lowest BCUT2D eigenvalue weighted by molar-refractivity contribution is 0.0528. The molecular formula is C18H19NO3. The largest absolute Gasteiger partial charge is 0.508 e. The zero-order valence-electron chi connectivity index (χ0n) is 12.3. The second-order valence-corrected chi connectivity index (χ2v) is 6.03. The first-order valence-electron chi connectivity index (χ1n) is 7.67. The molecule has 0 saturated carbocycles. The van der Waals surface area contributed by atoms with E-state index in [0.29, 0.717) is 13.2 Å². The number of aliphatic hydroxyl groups excluding tert-OH is 1. The molecule has 114 valence electrons. The fourth-order valence-corrected chi connectivity index (χ4v) is 3.57. The van der Waals surface area contributed by atoms with Crippen molar-refractivity contribution in [2.24, 2.45) is 0 Å². The third-order valence-electron chi connectivity index (χ3n) is 4.69. The van der Waals surface area contributed by atoms with E-state index in [-0.39, 0.29) is 11.8 Å². The number of rotatable bonds is 1. The Morgan fingerprint density at radius 1 is 1.09 bits per heavy atom. The number of ether oxygens (including phenoxy) is 1. The van der Waals surface area contributed by atoms with Crippen LogP contribution in [0.2, 0.25) is 0 Å². The number of hydrogen-bond donors (Lipinski definition) is 2. The van der Waals surface area contributed by atoms with Crippen molar-refractivity contribution >= 4 is 0 Å². The van der Waals surface area contributed by atoms with Crippen LogP contribution >= 0.6 is 0 Å². The van der Waals surface area contributed by atoms with Crippen LogP contribution in [0, 0.1) is 0 Å². The summed E-state index contributed by atoms with van der Waals surface area (Å²) < 4.78 is 5.77. The van der Waals surface area contributed by atoms with Crippen LogP contribution in [0.25, 0.3) is 0 Å². The average molecular weight is 297 g/mol. The van der Waals surface area contributed by atoms with Gasteiger partial charge >= 0.3 is 0 Å². The summed E-state index contributed by atoms with van der Waals surface area (Å²) in [6.07, 6.45) is 0.390. The molecule has 2 atom stereocenters. The van der Waals surface area contributed by atoms with Gasteiger partial charge in [-0.2, -0.15) is 0 Å². The van der Waals surface area contributed by atoms with E-state index in [1.165, 1.54) is 5.56 Å². The molecule has 1 heterocycles. The first-order chi connectivity index (χ1) is 10.7. The molecule has 22 heavy (non-hydrogen) atoms. The SMILES string of the molecule is Oc1ccc2c(c1)CN(C1Cc3ccccc3[C@@H]1O)CCO2. The predicted molar refractivity (Wildman–Crippen MR) is 82.9 cm³/mol. The molecule has 0 spiro atoms. The van der Waals surface area contributed by atoms with Crippen molar-refractivity contribution in [2.75, 3.05) is 13.2 Å². The number of hydrogen-bond acceptors (Lipinski definition) is 4. The van der Waals surface area contributed by atoms with Crippen LogP contribution in [-0.4, -0.2) is 34.3 Å². The van der Waals surface area contributed by atoms with Crippen LogP contribution in [0.5, 0.6) is 11.5 Å². The summed E-state index contributed by atoms with van der Waals surface area (Å²) in [5.74, 6) is 1.07. The number of aliphatic hydroxyl groups is 1. The fourth-order valence-electron chi connectivity index (χ4n) is 3.57. The molecule has 4 heteroatoms. The molecule has 4 rings (SSSR count). The normalized spacial score (nSPS) is 24.2. The second-order valence-electron chi connectivity index (χ2n) is 6.03. The Hall–Kier alpha value is -2.04. The maximum atomic E-state index is 10.7. The molecule has 2 N–H and O–H groups in total. The Bertz CT molecular complexity index is 700. The molecule has 2 aromatic carbocycles. The zero-order chi connectivity index (χ0) is 15.1. The van der Waals surface area contributed by atoms with Crippen LogP contribution in [0.1, 0.15) is 22.8 Å². The average Bonchev–Trinajstić information content (AvgIpc) is 2.72. The monoisotopic (exact) mass is 297 g/mol. The van der Waals surface area contributed by atoms with E-state index in [1.807, 2.05) is 24.3 Å². The summed E-state index contributed by atoms with van der Waals surface area (Å²) in [5, 5.41) is 20.4. The van der Waals surface area contributed by atoms with Crippen LogP contribution in [0.4, 0.5) is 0 Å². The molecule has 4 nitrogen and oxygen atoms in total. The molecule has 1 aliphatic heterocycles. The van der Waals surface area contributed by atoms with Gasteiger partial charge in [0.15, 0.2) is 0 Å². The maximum absolute atomic E-state index is 10.7. The van der Waals surface area contributed by atoms with Crippen LogP contribution in [0.3, 0.4) is 0 Å². The lowest BCUT2D eigenvalue weighted by Gasteiger charge is -2.29. The number of nitrogens with zero attached hydrogens (tertiary/aromatic N) is 1. The molecule has 0 fully saturated rings. The first kappa shape index (κ1) is 13.6. The van der Waals surface area contributed by atoms with E-state index in [0.717, 1.165) is 29.8 Å². The van der Waals surface area contributed by atoms with Gasteiger partial charge in [-0.1, -0.05) is 24.3 Å². The van der Waals surface area contributed by atoms with Crippen molar-refractivity contribution in [3.63, 3.8) is 0 Å². The summed E-state index contributed by atoms with van der Waals surface area (Å²) in [7, 11) is 0. The Labute approximate surface area is 129 Å². The number of phenols is 1. The minimum atomic E-state index is -0.463. The highest BCUT2D eigenvalue weighted by Crippen LogP contribution is 2.36. The molecule has 1 unspecified atom stereocenters. The zero-order valence-corrected chi connectivity index (χ0v) is 12.3. The van der Waals surface area contributed by atoms with E-state index in [4.69, 9.17) is 4.74 Å². The van der Waals surface area contributed by atoms with Gasteiger partial charge < -0.3 is 14.9 Å². The minimum Gasteiger partial charge on any atom is -0.508 e. The number of aromatic hydroxyl groups is 1. The number of phenolic OH excluding ortho intramolecular Hbond substituents is 1. The molecule has 0 aromatic heterocycles. The van der Waals surface area contributed by atoms with Gasteiger partial charge in [-0.05, 0) is 35.7 Å². The minimum absolute atomic E-state index is 0.0642. The summed E-state index contributed by atoms with van der Waals surface area (Å²) in [6.45, 7) is 2.04. The van der Waals surface area contributed by atoms with Crippen molar-refractivity contribution in [1.29, 1.82) is 0 Å². The highest BCUT2D eigenvalue weighted by molar-refractivity contribution is 5.41. The highest BCUT2D eigenvalue weighted by Gasteiger charge is 2.35. The van der Waals surface area contributed by atoms with Crippen LogP contribution < -0.4 is 4.74 Å². The van der Waals surface area contributed by atoms with Crippen molar-refractivity contribution < 1.29 is 14.9 Å². The first-order valence-corrected chi connectivity index (χ1v) is 7.67. The van der Waals surface area contributed by atoms with E-state index in [2.05, 4.69) is 11.0 Å². The Balaban J connectivity index is 1.62. The van der Waals surface area contributed by atoms with Gasteiger partial charge in [-0.3, -0.25) is 4.90 Å². The quantitative estimate of drug-likeness (QED) is 0.847. The molecule has 2 aromatic rings. The molecule has 0 radical (unpaired) electrons. The molecule has 2 aliphatic rings. The lowest BCUT2D eigenvalue weighted by Crippen LogP contribution is -2.39. The third-order valence-corrected chi connectivity index (χ3v) is 4.69. The van der Waals surface area contributed by atoms with E-state index in [1.54, 1.807) is 12.1 Å². The summed E-state index contributed by atoms with van der Waals surface area (Å²) in [4.78, 5) is 2.26. The Kier molecular flexibility index (Phi) is 3.28.